The Kier molecular flexibility index (Phi) is 5.29. The van der Waals surface area contributed by atoms with Crippen LogP contribution < -0.4 is 13.2 Å². The van der Waals surface area contributed by atoms with Crippen LogP contribution in [0.3, 0.4) is 0 Å². The predicted molar refractivity (Wildman–Crippen MR) is 113 cm³/mol. The van der Waals surface area contributed by atoms with Crippen molar-refractivity contribution < 1.29 is 0 Å². The van der Waals surface area contributed by atoms with Crippen LogP contribution in [0.2, 0.25) is 0 Å². The summed E-state index contributed by atoms with van der Waals surface area (Å²) in [6.45, 7) is 6.83. The molecule has 1 heteroatoms. The van der Waals surface area contributed by atoms with E-state index in [2.05, 4.69) is 123 Å². The fraction of sp³-hybridized carbons (Fsp3) is 0.167. The van der Waals surface area contributed by atoms with Gasteiger partial charge in [0.25, 0.3) is 0 Å². The third-order valence-electron chi connectivity index (χ3n) is 4.52. The normalized spacial score (nSPS) is 12.4. The average molecular weight is 387 g/mol. The van der Waals surface area contributed by atoms with Gasteiger partial charge in [0.05, 0.1) is 0 Å². The second-order valence-electron chi connectivity index (χ2n) is 7.61. The van der Waals surface area contributed by atoms with Crippen LogP contribution in [0.25, 0.3) is 0 Å². The van der Waals surface area contributed by atoms with Gasteiger partial charge in [-0.2, -0.15) is 0 Å². The summed E-state index contributed by atoms with van der Waals surface area (Å²) in [5.41, 5.74) is 0.162. The van der Waals surface area contributed by atoms with Crippen LogP contribution in [0.5, 0.6) is 0 Å². The third kappa shape index (κ3) is 3.96. The van der Waals surface area contributed by atoms with Gasteiger partial charge >= 0.3 is 155 Å². The van der Waals surface area contributed by atoms with Crippen LogP contribution in [0, 0.1) is 5.41 Å². The Balaban J connectivity index is 2.34. The van der Waals surface area contributed by atoms with Crippen LogP contribution in [-0.2, 0) is 0 Å². The third-order valence-corrected chi connectivity index (χ3v) is 13.7. The fourth-order valence-corrected chi connectivity index (χ4v) is 12.7. The van der Waals surface area contributed by atoms with E-state index >= 15 is 0 Å². The van der Waals surface area contributed by atoms with Crippen molar-refractivity contribution >= 4 is 26.5 Å². The maximum absolute atomic E-state index is 2.89. The van der Waals surface area contributed by atoms with Gasteiger partial charge in [-0.3, -0.25) is 0 Å². The molecule has 0 atom stereocenters. The second kappa shape index (κ2) is 7.45. The Hall–Kier alpha value is -2.06. The average Bonchev–Trinajstić information content (AvgIpc) is 2.64. The van der Waals surface area contributed by atoms with E-state index in [1.54, 1.807) is 0 Å². The summed E-state index contributed by atoms with van der Waals surface area (Å²) in [6.07, 6.45) is 2.42. The predicted octanol–water partition coefficient (Wildman–Crippen LogP) is 4.30. The molecule has 0 heterocycles. The van der Waals surface area contributed by atoms with Crippen molar-refractivity contribution in [2.75, 3.05) is 0 Å². The van der Waals surface area contributed by atoms with E-state index in [1.165, 1.54) is 13.2 Å². The molecule has 0 unspecified atom stereocenters. The molecule has 0 nitrogen and oxygen atoms in total. The molecule has 3 aromatic rings. The summed E-state index contributed by atoms with van der Waals surface area (Å²) >= 11 is -2.89. The van der Waals surface area contributed by atoms with Crippen molar-refractivity contribution in [1.29, 1.82) is 0 Å². The first-order chi connectivity index (χ1) is 12.0. The molecule has 0 radical (unpaired) electrons. The molecule has 0 fully saturated rings. The zero-order chi connectivity index (χ0) is 17.8. The van der Waals surface area contributed by atoms with Crippen molar-refractivity contribution in [2.24, 2.45) is 5.41 Å². The van der Waals surface area contributed by atoms with E-state index in [1.807, 2.05) is 0 Å². The zero-order valence-corrected chi connectivity index (χ0v) is 17.4. The molecular formula is C24H26Ge. The first-order valence-corrected chi connectivity index (χ1v) is 13.3. The van der Waals surface area contributed by atoms with Crippen LogP contribution in [0.1, 0.15) is 20.8 Å². The maximum atomic E-state index is 2.57. The Morgan fingerprint density at radius 1 is 0.560 bits per heavy atom. The summed E-state index contributed by atoms with van der Waals surface area (Å²) < 4.78 is 4.42. The summed E-state index contributed by atoms with van der Waals surface area (Å²) in [4.78, 5) is 2.57. The Morgan fingerprint density at radius 3 is 1.16 bits per heavy atom. The fourth-order valence-electron chi connectivity index (χ4n) is 3.27. The molecule has 0 bridgehead atoms. The Morgan fingerprint density at radius 2 is 0.880 bits per heavy atom. The summed E-state index contributed by atoms with van der Waals surface area (Å²) in [7, 11) is 0. The number of hydrogen-bond acceptors (Lipinski definition) is 0. The van der Waals surface area contributed by atoms with Gasteiger partial charge in [0.1, 0.15) is 0 Å². The monoisotopic (exact) mass is 388 g/mol. The molecule has 0 aliphatic heterocycles. The van der Waals surface area contributed by atoms with Gasteiger partial charge in [-0.05, 0) is 0 Å². The van der Waals surface area contributed by atoms with Crippen molar-refractivity contribution in [2.45, 2.75) is 20.8 Å². The Labute approximate surface area is 154 Å². The minimum atomic E-state index is -2.89. The molecule has 0 saturated heterocycles. The molecule has 126 valence electrons. The molecule has 0 spiro atoms. The van der Waals surface area contributed by atoms with Gasteiger partial charge in [-0.1, -0.05) is 0 Å². The molecule has 25 heavy (non-hydrogen) atoms. The first-order valence-electron chi connectivity index (χ1n) is 8.89. The van der Waals surface area contributed by atoms with Gasteiger partial charge in [0.2, 0.25) is 0 Å². The van der Waals surface area contributed by atoms with Gasteiger partial charge < -0.3 is 0 Å². The van der Waals surface area contributed by atoms with E-state index in [0.717, 1.165) is 0 Å². The molecule has 3 aromatic carbocycles. The van der Waals surface area contributed by atoms with Gasteiger partial charge in [-0.25, -0.2) is 0 Å². The molecule has 3 rings (SSSR count). The van der Waals surface area contributed by atoms with Gasteiger partial charge in [0, 0.05) is 0 Å². The molecular weight excluding hydrogens is 361 g/mol. The van der Waals surface area contributed by atoms with Crippen LogP contribution in [0.15, 0.2) is 102 Å². The first kappa shape index (κ1) is 17.8. The molecule has 0 saturated carbocycles. The quantitative estimate of drug-likeness (QED) is 0.586. The second-order valence-corrected chi connectivity index (χ2v) is 15.3. The van der Waals surface area contributed by atoms with E-state index in [0.29, 0.717) is 0 Å². The zero-order valence-electron chi connectivity index (χ0n) is 15.3. The Bertz CT molecular complexity index is 716. The van der Waals surface area contributed by atoms with Crippen LogP contribution in [-0.4, -0.2) is 13.3 Å². The van der Waals surface area contributed by atoms with E-state index < -0.39 is 13.3 Å². The summed E-state index contributed by atoms with van der Waals surface area (Å²) in [6, 6.07) is 33.2. The number of benzene rings is 3. The number of hydrogen-bond donors (Lipinski definition) is 0. The van der Waals surface area contributed by atoms with Crippen molar-refractivity contribution in [3.8, 4) is 0 Å². The van der Waals surface area contributed by atoms with E-state index in [-0.39, 0.29) is 5.41 Å². The van der Waals surface area contributed by atoms with Crippen LogP contribution >= 0.6 is 0 Å². The number of allylic oxidation sites excluding steroid dienone is 1. The van der Waals surface area contributed by atoms with E-state index in [4.69, 9.17) is 0 Å². The topological polar surface area (TPSA) is 0 Å². The van der Waals surface area contributed by atoms with E-state index in [9.17, 15) is 0 Å². The minimum absolute atomic E-state index is 0.162. The van der Waals surface area contributed by atoms with Crippen LogP contribution in [0.4, 0.5) is 0 Å². The van der Waals surface area contributed by atoms with Crippen molar-refractivity contribution in [3.05, 3.63) is 102 Å². The molecule has 0 aliphatic rings. The van der Waals surface area contributed by atoms with Gasteiger partial charge in [-0.15, -0.1) is 0 Å². The van der Waals surface area contributed by atoms with Crippen molar-refractivity contribution in [1.82, 2.24) is 0 Å². The number of rotatable bonds is 4. The van der Waals surface area contributed by atoms with Gasteiger partial charge in [0.15, 0.2) is 0 Å². The van der Waals surface area contributed by atoms with Crippen molar-refractivity contribution in [3.63, 3.8) is 0 Å². The molecule has 0 N–H and O–H groups in total. The SMILES string of the molecule is CC(C)(C)/C=[CH]\[Ge]([c]1ccccc1)([c]1ccccc1)[c]1ccccc1. The summed E-state index contributed by atoms with van der Waals surface area (Å²) in [5, 5.41) is 0. The molecule has 0 aliphatic carbocycles. The summed E-state index contributed by atoms with van der Waals surface area (Å²) in [5.74, 6) is 0. The molecule has 0 aromatic heterocycles. The standard InChI is InChI=1S/C24H26Ge/c1-24(2,3)19-20-25(21-13-7-4-8-14-21,22-15-9-5-10-16-22)23-17-11-6-12-18-23/h4-20H,1-3H3/b20-19-. The molecule has 0 amide bonds.